The van der Waals surface area contributed by atoms with E-state index < -0.39 is 6.09 Å². The lowest BCUT2D eigenvalue weighted by molar-refractivity contribution is 0.145. The van der Waals surface area contributed by atoms with Gasteiger partial charge in [-0.1, -0.05) is 6.07 Å². The van der Waals surface area contributed by atoms with Crippen molar-refractivity contribution in [2.45, 2.75) is 13.1 Å². The highest BCUT2D eigenvalue weighted by molar-refractivity contribution is 5.66. The monoisotopic (exact) mass is 262 g/mol. The van der Waals surface area contributed by atoms with Crippen LogP contribution in [-0.4, -0.2) is 59.2 Å². The molecule has 6 nitrogen and oxygen atoms in total. The minimum absolute atomic E-state index is 0.409. The summed E-state index contributed by atoms with van der Waals surface area (Å²) >= 11 is 0. The van der Waals surface area contributed by atoms with Crippen LogP contribution in [0.15, 0.2) is 12.1 Å². The van der Waals surface area contributed by atoms with Crippen molar-refractivity contribution in [1.29, 1.82) is 0 Å². The predicted octanol–water partition coefficient (Wildman–Crippen LogP) is 0.827. The molecule has 0 bridgehead atoms. The fourth-order valence-corrected chi connectivity index (χ4v) is 2.59. The standard InChI is InChI=1S/C13H18N4O2/c1-15-4-6-16(7-5-15)12-3-2-10-8-17(13(18)19)9-11(10)14-12/h2-3H,4-9H2,1H3,(H,18,19). The minimum atomic E-state index is -0.876. The van der Waals surface area contributed by atoms with Gasteiger partial charge in [-0.15, -0.1) is 0 Å². The minimum Gasteiger partial charge on any atom is -0.465 e. The molecule has 3 heterocycles. The van der Waals surface area contributed by atoms with Crippen LogP contribution in [0, 0.1) is 0 Å². The lowest BCUT2D eigenvalue weighted by Gasteiger charge is -2.33. The first-order chi connectivity index (χ1) is 9.13. The van der Waals surface area contributed by atoms with Gasteiger partial charge in [0.2, 0.25) is 0 Å². The van der Waals surface area contributed by atoms with Gasteiger partial charge < -0.3 is 14.9 Å². The molecule has 0 radical (unpaired) electrons. The van der Waals surface area contributed by atoms with E-state index in [9.17, 15) is 4.79 Å². The lowest BCUT2D eigenvalue weighted by atomic mass is 10.2. The molecule has 2 aliphatic heterocycles. The zero-order valence-electron chi connectivity index (χ0n) is 11.0. The van der Waals surface area contributed by atoms with Crippen molar-refractivity contribution in [1.82, 2.24) is 14.8 Å². The first-order valence-corrected chi connectivity index (χ1v) is 6.53. The number of carboxylic acid groups (broad SMARTS) is 1. The zero-order chi connectivity index (χ0) is 13.4. The number of aromatic nitrogens is 1. The summed E-state index contributed by atoms with van der Waals surface area (Å²) in [4.78, 5) is 21.6. The second kappa shape index (κ2) is 4.70. The Morgan fingerprint density at radius 2 is 1.95 bits per heavy atom. The Hall–Kier alpha value is -1.82. The van der Waals surface area contributed by atoms with Gasteiger partial charge in [0.15, 0.2) is 0 Å². The number of fused-ring (bicyclic) bond motifs is 1. The van der Waals surface area contributed by atoms with Crippen LogP contribution in [0.4, 0.5) is 10.6 Å². The number of pyridine rings is 1. The van der Waals surface area contributed by atoms with E-state index in [0.29, 0.717) is 13.1 Å². The third-order valence-corrected chi connectivity index (χ3v) is 3.85. The van der Waals surface area contributed by atoms with Crippen LogP contribution in [0.3, 0.4) is 0 Å². The highest BCUT2D eigenvalue weighted by Gasteiger charge is 2.25. The SMILES string of the molecule is CN1CCN(c2ccc3c(n2)CN(C(=O)O)C3)CC1. The van der Waals surface area contributed by atoms with Gasteiger partial charge in [0, 0.05) is 26.2 Å². The zero-order valence-corrected chi connectivity index (χ0v) is 11.0. The fourth-order valence-electron chi connectivity index (χ4n) is 2.59. The Labute approximate surface area is 112 Å². The van der Waals surface area contributed by atoms with E-state index in [1.807, 2.05) is 12.1 Å². The third-order valence-electron chi connectivity index (χ3n) is 3.85. The van der Waals surface area contributed by atoms with Crippen LogP contribution in [0.5, 0.6) is 0 Å². The van der Waals surface area contributed by atoms with Crippen LogP contribution in [0.25, 0.3) is 0 Å². The normalized spacial score (nSPS) is 19.6. The first kappa shape index (κ1) is 12.2. The fraction of sp³-hybridized carbons (Fsp3) is 0.538. The number of rotatable bonds is 1. The van der Waals surface area contributed by atoms with Gasteiger partial charge in [-0.05, 0) is 18.7 Å². The molecule has 0 atom stereocenters. The molecule has 19 heavy (non-hydrogen) atoms. The largest absolute Gasteiger partial charge is 0.465 e. The summed E-state index contributed by atoms with van der Waals surface area (Å²) in [6.07, 6.45) is -0.876. The molecular weight excluding hydrogens is 244 g/mol. The number of piperazine rings is 1. The summed E-state index contributed by atoms with van der Waals surface area (Å²) in [6.45, 7) is 4.91. The molecule has 0 aromatic carbocycles. The van der Waals surface area contributed by atoms with Crippen LogP contribution in [0.1, 0.15) is 11.3 Å². The summed E-state index contributed by atoms with van der Waals surface area (Å²) in [5.41, 5.74) is 1.93. The Kier molecular flexibility index (Phi) is 3.02. The van der Waals surface area contributed by atoms with Crippen molar-refractivity contribution >= 4 is 11.9 Å². The van der Waals surface area contributed by atoms with Gasteiger partial charge in [-0.3, -0.25) is 4.90 Å². The molecule has 1 aromatic rings. The second-order valence-corrected chi connectivity index (χ2v) is 5.20. The summed E-state index contributed by atoms with van der Waals surface area (Å²) in [5.74, 6) is 0.971. The van der Waals surface area contributed by atoms with Gasteiger partial charge in [0.25, 0.3) is 0 Å². The second-order valence-electron chi connectivity index (χ2n) is 5.20. The van der Waals surface area contributed by atoms with E-state index >= 15 is 0 Å². The average Bonchev–Trinajstić information content (AvgIpc) is 2.82. The van der Waals surface area contributed by atoms with Crippen LogP contribution >= 0.6 is 0 Å². The van der Waals surface area contributed by atoms with E-state index in [2.05, 4.69) is 21.8 Å². The van der Waals surface area contributed by atoms with E-state index in [0.717, 1.165) is 43.3 Å². The highest BCUT2D eigenvalue weighted by atomic mass is 16.4. The van der Waals surface area contributed by atoms with Crippen LogP contribution in [-0.2, 0) is 13.1 Å². The van der Waals surface area contributed by atoms with Crippen molar-refractivity contribution in [2.75, 3.05) is 38.1 Å². The highest BCUT2D eigenvalue weighted by Crippen LogP contribution is 2.24. The Morgan fingerprint density at radius 1 is 1.21 bits per heavy atom. The van der Waals surface area contributed by atoms with E-state index in [-0.39, 0.29) is 0 Å². The Morgan fingerprint density at radius 3 is 2.63 bits per heavy atom. The molecule has 0 unspecified atom stereocenters. The molecular formula is C13H18N4O2. The molecule has 0 spiro atoms. The quantitative estimate of drug-likeness (QED) is 0.812. The van der Waals surface area contributed by atoms with Crippen molar-refractivity contribution < 1.29 is 9.90 Å². The molecule has 0 aliphatic carbocycles. The molecule has 1 aromatic heterocycles. The van der Waals surface area contributed by atoms with Gasteiger partial charge in [0.05, 0.1) is 18.8 Å². The summed E-state index contributed by atoms with van der Waals surface area (Å²) in [6, 6.07) is 4.02. The maximum Gasteiger partial charge on any atom is 0.407 e. The summed E-state index contributed by atoms with van der Waals surface area (Å²) in [7, 11) is 2.12. The molecule has 6 heteroatoms. The Bertz CT molecular complexity index is 497. The molecule has 1 fully saturated rings. The molecule has 102 valence electrons. The van der Waals surface area contributed by atoms with Crippen LogP contribution in [0.2, 0.25) is 0 Å². The van der Waals surface area contributed by atoms with E-state index in [4.69, 9.17) is 5.11 Å². The topological polar surface area (TPSA) is 59.9 Å². The summed E-state index contributed by atoms with van der Waals surface area (Å²) in [5, 5.41) is 9.01. The molecule has 1 N–H and O–H groups in total. The molecule has 0 saturated carbocycles. The molecule has 3 rings (SSSR count). The molecule has 2 aliphatic rings. The first-order valence-electron chi connectivity index (χ1n) is 6.53. The lowest BCUT2D eigenvalue weighted by Crippen LogP contribution is -2.44. The van der Waals surface area contributed by atoms with E-state index in [1.165, 1.54) is 4.90 Å². The number of carbonyl (C=O) groups is 1. The number of anilines is 1. The number of likely N-dealkylation sites (N-methyl/N-ethyl adjacent to an activating group) is 1. The number of nitrogens with zero attached hydrogens (tertiary/aromatic N) is 4. The van der Waals surface area contributed by atoms with Crippen molar-refractivity contribution in [2.24, 2.45) is 0 Å². The van der Waals surface area contributed by atoms with Crippen molar-refractivity contribution in [3.63, 3.8) is 0 Å². The maximum absolute atomic E-state index is 11.0. The molecule has 1 amide bonds. The van der Waals surface area contributed by atoms with Gasteiger partial charge >= 0.3 is 6.09 Å². The van der Waals surface area contributed by atoms with Crippen molar-refractivity contribution in [3.8, 4) is 0 Å². The number of hydrogen-bond acceptors (Lipinski definition) is 4. The average molecular weight is 262 g/mol. The number of amides is 1. The van der Waals surface area contributed by atoms with Gasteiger partial charge in [-0.2, -0.15) is 0 Å². The maximum atomic E-state index is 11.0. The van der Waals surface area contributed by atoms with Crippen molar-refractivity contribution in [3.05, 3.63) is 23.4 Å². The van der Waals surface area contributed by atoms with Crippen LogP contribution < -0.4 is 4.90 Å². The number of hydrogen-bond donors (Lipinski definition) is 1. The van der Waals surface area contributed by atoms with Gasteiger partial charge in [-0.25, -0.2) is 9.78 Å². The summed E-state index contributed by atoms with van der Waals surface area (Å²) < 4.78 is 0. The molecule has 1 saturated heterocycles. The Balaban J connectivity index is 1.76. The third kappa shape index (κ3) is 2.35. The smallest absolute Gasteiger partial charge is 0.407 e. The van der Waals surface area contributed by atoms with Gasteiger partial charge in [0.1, 0.15) is 5.82 Å². The predicted molar refractivity (Wildman–Crippen MR) is 71.2 cm³/mol. The van der Waals surface area contributed by atoms with E-state index in [1.54, 1.807) is 0 Å².